The summed E-state index contributed by atoms with van der Waals surface area (Å²) in [5, 5.41) is 6.44. The molecule has 1 aliphatic rings. The average molecular weight is 318 g/mol. The zero-order chi connectivity index (χ0) is 14.8. The molecule has 1 fully saturated rings. The molecule has 0 unspecified atom stereocenters. The molecular weight excluding hydrogens is 300 g/mol. The molecule has 1 saturated heterocycles. The molecule has 8 heteroatoms. The number of nitrogens with one attached hydrogen (secondary N) is 1. The molecule has 1 aromatic rings. The fraction of sp³-hybridized carbons (Fsp3) is 0.583. The van der Waals surface area contributed by atoms with Crippen molar-refractivity contribution in [2.24, 2.45) is 5.92 Å². The Kier molecular flexibility index (Phi) is 4.79. The first-order valence-electron chi connectivity index (χ1n) is 6.21. The Hall–Kier alpha value is -0.960. The van der Waals surface area contributed by atoms with Gasteiger partial charge in [-0.25, -0.2) is 12.7 Å². The van der Waals surface area contributed by atoms with Crippen LogP contribution in [0.1, 0.15) is 10.4 Å². The maximum atomic E-state index is 12.0. The van der Waals surface area contributed by atoms with Gasteiger partial charge in [0.05, 0.1) is 25.0 Å². The van der Waals surface area contributed by atoms with E-state index in [-0.39, 0.29) is 23.6 Å². The number of carbonyl (C=O) groups is 1. The van der Waals surface area contributed by atoms with Crippen LogP contribution in [0.5, 0.6) is 0 Å². The lowest BCUT2D eigenvalue weighted by Crippen LogP contribution is -2.43. The Morgan fingerprint density at radius 2 is 2.25 bits per heavy atom. The lowest BCUT2D eigenvalue weighted by Gasteiger charge is -2.20. The van der Waals surface area contributed by atoms with Crippen molar-refractivity contribution in [3.8, 4) is 0 Å². The number of hydrogen-bond acceptors (Lipinski definition) is 5. The molecule has 112 valence electrons. The first kappa shape index (κ1) is 15.4. The predicted molar refractivity (Wildman–Crippen MR) is 77.4 cm³/mol. The summed E-state index contributed by atoms with van der Waals surface area (Å²) in [5.41, 5.74) is 0.594. The van der Waals surface area contributed by atoms with Gasteiger partial charge >= 0.3 is 0 Å². The van der Waals surface area contributed by atoms with Crippen LogP contribution in [0.3, 0.4) is 0 Å². The highest BCUT2D eigenvalue weighted by atomic mass is 32.2. The Bertz CT molecular complexity index is 554. The van der Waals surface area contributed by atoms with Crippen LogP contribution in [-0.2, 0) is 14.8 Å². The number of rotatable bonds is 5. The maximum absolute atomic E-state index is 12.0. The minimum absolute atomic E-state index is 0.0193. The minimum atomic E-state index is -3.30. The molecule has 0 spiro atoms. The van der Waals surface area contributed by atoms with E-state index in [1.807, 2.05) is 5.38 Å². The molecule has 1 amide bonds. The van der Waals surface area contributed by atoms with E-state index < -0.39 is 10.0 Å². The minimum Gasteiger partial charge on any atom is -0.379 e. The van der Waals surface area contributed by atoms with Crippen LogP contribution in [0.2, 0.25) is 0 Å². The number of nitrogens with zero attached hydrogens (tertiary/aromatic N) is 1. The number of hydrogen-bond donors (Lipinski definition) is 1. The summed E-state index contributed by atoms with van der Waals surface area (Å²) in [7, 11) is -0.292. The van der Waals surface area contributed by atoms with Crippen LogP contribution in [0.25, 0.3) is 0 Å². The first-order chi connectivity index (χ1) is 9.40. The van der Waals surface area contributed by atoms with Crippen molar-refractivity contribution >= 4 is 27.3 Å². The Morgan fingerprint density at radius 1 is 1.50 bits per heavy atom. The number of ether oxygens (including phenoxy) is 1. The van der Waals surface area contributed by atoms with E-state index in [2.05, 4.69) is 5.32 Å². The molecule has 1 aliphatic heterocycles. The smallest absolute Gasteiger partial charge is 0.252 e. The van der Waals surface area contributed by atoms with Crippen molar-refractivity contribution in [1.82, 2.24) is 9.62 Å². The first-order valence-corrected chi connectivity index (χ1v) is 8.76. The van der Waals surface area contributed by atoms with Crippen molar-refractivity contribution in [2.75, 3.05) is 33.1 Å². The molecule has 0 aromatic carbocycles. The fourth-order valence-electron chi connectivity index (χ4n) is 1.99. The standard InChI is InChI=1S/C12H18N2O4S2/c1-14(2)20(16,17)8-10-5-18-6-11(10)13-12(15)9-3-4-19-7-9/h3-4,7,10-11H,5-6,8H2,1-2H3,(H,13,15)/t10-,11-/m0/s1. The quantitative estimate of drug-likeness (QED) is 0.852. The van der Waals surface area contributed by atoms with Crippen molar-refractivity contribution < 1.29 is 17.9 Å². The largest absolute Gasteiger partial charge is 0.379 e. The van der Waals surface area contributed by atoms with E-state index in [1.54, 1.807) is 11.4 Å². The van der Waals surface area contributed by atoms with Gasteiger partial charge in [-0.1, -0.05) is 0 Å². The molecule has 0 bridgehead atoms. The van der Waals surface area contributed by atoms with Crippen LogP contribution < -0.4 is 5.32 Å². The second-order valence-electron chi connectivity index (χ2n) is 4.95. The van der Waals surface area contributed by atoms with Gasteiger partial charge in [-0.15, -0.1) is 0 Å². The second-order valence-corrected chi connectivity index (χ2v) is 7.96. The molecule has 2 rings (SSSR count). The van der Waals surface area contributed by atoms with E-state index in [0.29, 0.717) is 18.8 Å². The molecule has 6 nitrogen and oxygen atoms in total. The van der Waals surface area contributed by atoms with Crippen molar-refractivity contribution in [2.45, 2.75) is 6.04 Å². The third-order valence-corrected chi connectivity index (χ3v) is 5.92. The van der Waals surface area contributed by atoms with Crippen LogP contribution in [0, 0.1) is 5.92 Å². The lowest BCUT2D eigenvalue weighted by molar-refractivity contribution is 0.0926. The zero-order valence-corrected chi connectivity index (χ0v) is 13.0. The van der Waals surface area contributed by atoms with Gasteiger partial charge in [0.15, 0.2) is 0 Å². The van der Waals surface area contributed by atoms with E-state index in [4.69, 9.17) is 4.74 Å². The zero-order valence-electron chi connectivity index (χ0n) is 11.4. The summed E-state index contributed by atoms with van der Waals surface area (Å²) in [4.78, 5) is 12.0. The number of amides is 1. The second kappa shape index (κ2) is 6.21. The topological polar surface area (TPSA) is 75.7 Å². The third kappa shape index (κ3) is 3.57. The normalized spacial score (nSPS) is 23.1. The van der Waals surface area contributed by atoms with Gasteiger partial charge in [0.25, 0.3) is 5.91 Å². The summed E-state index contributed by atoms with van der Waals surface area (Å²) in [5.74, 6) is -0.423. The van der Waals surface area contributed by atoms with Crippen molar-refractivity contribution in [1.29, 1.82) is 0 Å². The lowest BCUT2D eigenvalue weighted by atomic mass is 10.1. The highest BCUT2D eigenvalue weighted by molar-refractivity contribution is 7.89. The number of thiophene rings is 1. The Morgan fingerprint density at radius 3 is 2.85 bits per heavy atom. The van der Waals surface area contributed by atoms with Gasteiger partial charge in [0.1, 0.15) is 0 Å². The summed E-state index contributed by atoms with van der Waals surface area (Å²) >= 11 is 1.45. The van der Waals surface area contributed by atoms with Gasteiger partial charge in [-0.3, -0.25) is 4.79 Å². The monoisotopic (exact) mass is 318 g/mol. The highest BCUT2D eigenvalue weighted by Gasteiger charge is 2.34. The van der Waals surface area contributed by atoms with Gasteiger partial charge in [-0.2, -0.15) is 11.3 Å². The Labute approximate surface area is 122 Å². The van der Waals surface area contributed by atoms with Crippen molar-refractivity contribution in [3.63, 3.8) is 0 Å². The van der Waals surface area contributed by atoms with E-state index >= 15 is 0 Å². The van der Waals surface area contributed by atoms with E-state index in [9.17, 15) is 13.2 Å². The molecule has 1 aromatic heterocycles. The van der Waals surface area contributed by atoms with E-state index in [1.165, 1.54) is 29.7 Å². The van der Waals surface area contributed by atoms with Crippen molar-refractivity contribution in [3.05, 3.63) is 22.4 Å². The molecule has 0 radical (unpaired) electrons. The van der Waals surface area contributed by atoms with E-state index in [0.717, 1.165) is 0 Å². The molecular formula is C12H18N2O4S2. The van der Waals surface area contributed by atoms with Gasteiger partial charge in [-0.05, 0) is 11.4 Å². The molecule has 0 saturated carbocycles. The SMILES string of the molecule is CN(C)S(=O)(=O)C[C@@H]1COC[C@@H]1NC(=O)c1ccsc1. The molecule has 2 atom stereocenters. The van der Waals surface area contributed by atoms with Gasteiger partial charge in [0.2, 0.25) is 10.0 Å². The highest BCUT2D eigenvalue weighted by Crippen LogP contribution is 2.18. The third-order valence-electron chi connectivity index (χ3n) is 3.28. The van der Waals surface area contributed by atoms with Crippen LogP contribution in [0.15, 0.2) is 16.8 Å². The summed E-state index contributed by atoms with van der Waals surface area (Å²) in [6.07, 6.45) is 0. The van der Waals surface area contributed by atoms with Crippen LogP contribution in [-0.4, -0.2) is 57.7 Å². The molecule has 1 N–H and O–H groups in total. The van der Waals surface area contributed by atoms with Crippen LogP contribution >= 0.6 is 11.3 Å². The molecule has 0 aliphatic carbocycles. The van der Waals surface area contributed by atoms with Gasteiger partial charge < -0.3 is 10.1 Å². The average Bonchev–Trinajstić information content (AvgIpc) is 3.00. The Balaban J connectivity index is 1.99. The number of sulfonamides is 1. The molecule has 2 heterocycles. The predicted octanol–water partition coefficient (Wildman–Crippen LogP) is 0.384. The van der Waals surface area contributed by atoms with Crippen LogP contribution in [0.4, 0.5) is 0 Å². The maximum Gasteiger partial charge on any atom is 0.252 e. The fourth-order valence-corrected chi connectivity index (χ4v) is 3.79. The molecule has 20 heavy (non-hydrogen) atoms. The summed E-state index contributed by atoms with van der Waals surface area (Å²) in [6.45, 7) is 0.700. The summed E-state index contributed by atoms with van der Waals surface area (Å²) < 4.78 is 30.3. The number of carbonyl (C=O) groups excluding carboxylic acids is 1. The van der Waals surface area contributed by atoms with Gasteiger partial charge in [0, 0.05) is 31.0 Å². The summed E-state index contributed by atoms with van der Waals surface area (Å²) in [6, 6.07) is 1.47.